The summed E-state index contributed by atoms with van der Waals surface area (Å²) in [6, 6.07) is 8.50. The molecule has 2 nitrogen and oxygen atoms in total. The first-order valence-electron chi connectivity index (χ1n) is 7.37. The van der Waals surface area contributed by atoms with Crippen molar-refractivity contribution in [2.75, 3.05) is 7.05 Å². The Labute approximate surface area is 135 Å². The smallest absolute Gasteiger partial charge is 0.0975 e. The largest absolute Gasteiger partial charge is 0.312 e. The van der Waals surface area contributed by atoms with E-state index in [9.17, 15) is 0 Å². The SMILES string of the molecule is CNC1CC(C)(C)Cc2nc(Cc3cccc(Cl)c3)sc21. The number of hydrogen-bond acceptors (Lipinski definition) is 3. The van der Waals surface area contributed by atoms with E-state index in [1.54, 1.807) is 0 Å². The molecule has 2 aromatic rings. The molecular formula is C17H21ClN2S. The highest BCUT2D eigenvalue weighted by molar-refractivity contribution is 7.11. The first-order chi connectivity index (χ1) is 9.97. The molecule has 0 aliphatic heterocycles. The van der Waals surface area contributed by atoms with Crippen LogP contribution in [-0.2, 0) is 12.8 Å². The van der Waals surface area contributed by atoms with Gasteiger partial charge in [0, 0.05) is 22.4 Å². The van der Waals surface area contributed by atoms with Crippen molar-refractivity contribution in [3.8, 4) is 0 Å². The second kappa shape index (κ2) is 5.71. The van der Waals surface area contributed by atoms with Crippen molar-refractivity contribution in [2.24, 2.45) is 5.41 Å². The van der Waals surface area contributed by atoms with E-state index in [1.165, 1.54) is 27.6 Å². The van der Waals surface area contributed by atoms with Gasteiger partial charge in [-0.25, -0.2) is 4.98 Å². The summed E-state index contributed by atoms with van der Waals surface area (Å²) in [4.78, 5) is 6.33. The maximum Gasteiger partial charge on any atom is 0.0975 e. The molecule has 1 N–H and O–H groups in total. The number of nitrogens with one attached hydrogen (secondary N) is 1. The Balaban J connectivity index is 1.88. The van der Waals surface area contributed by atoms with Crippen LogP contribution in [0, 0.1) is 5.41 Å². The lowest BCUT2D eigenvalue weighted by Crippen LogP contribution is -2.30. The van der Waals surface area contributed by atoms with Gasteiger partial charge in [-0.05, 0) is 43.0 Å². The first kappa shape index (κ1) is 15.0. The molecule has 0 radical (unpaired) electrons. The van der Waals surface area contributed by atoms with Crippen molar-refractivity contribution in [3.63, 3.8) is 0 Å². The van der Waals surface area contributed by atoms with Gasteiger partial charge >= 0.3 is 0 Å². The van der Waals surface area contributed by atoms with Crippen LogP contribution in [0.1, 0.15) is 47.5 Å². The zero-order valence-electron chi connectivity index (χ0n) is 12.7. The van der Waals surface area contributed by atoms with Gasteiger partial charge in [0.2, 0.25) is 0 Å². The summed E-state index contributed by atoms with van der Waals surface area (Å²) < 4.78 is 0. The molecule has 21 heavy (non-hydrogen) atoms. The lowest BCUT2D eigenvalue weighted by Gasteiger charge is -2.34. The molecule has 1 heterocycles. The molecule has 1 aromatic carbocycles. The minimum Gasteiger partial charge on any atom is -0.312 e. The Kier molecular flexibility index (Phi) is 4.08. The van der Waals surface area contributed by atoms with Gasteiger partial charge in [0.1, 0.15) is 0 Å². The van der Waals surface area contributed by atoms with E-state index in [4.69, 9.17) is 16.6 Å². The molecule has 1 atom stereocenters. The molecule has 1 aromatic heterocycles. The molecule has 0 saturated heterocycles. The van der Waals surface area contributed by atoms with Gasteiger partial charge < -0.3 is 5.32 Å². The minimum atomic E-state index is 0.322. The third-order valence-corrected chi connectivity index (χ3v) is 5.53. The van der Waals surface area contributed by atoms with Crippen LogP contribution in [0.25, 0.3) is 0 Å². The van der Waals surface area contributed by atoms with E-state index in [0.717, 1.165) is 17.9 Å². The second-order valence-electron chi connectivity index (χ2n) is 6.61. The minimum absolute atomic E-state index is 0.322. The Hall–Kier alpha value is -0.900. The predicted molar refractivity (Wildman–Crippen MR) is 90.3 cm³/mol. The van der Waals surface area contributed by atoms with Crippen molar-refractivity contribution >= 4 is 22.9 Å². The molecule has 0 saturated carbocycles. The zero-order chi connectivity index (χ0) is 15.0. The van der Waals surface area contributed by atoms with Crippen LogP contribution in [-0.4, -0.2) is 12.0 Å². The van der Waals surface area contributed by atoms with Crippen LogP contribution >= 0.6 is 22.9 Å². The highest BCUT2D eigenvalue weighted by Crippen LogP contribution is 2.43. The molecule has 112 valence electrons. The fraction of sp³-hybridized carbons (Fsp3) is 0.471. The average molecular weight is 321 g/mol. The molecule has 1 aliphatic rings. The summed E-state index contributed by atoms with van der Waals surface area (Å²) in [5.41, 5.74) is 2.84. The number of rotatable bonds is 3. The molecule has 1 unspecified atom stereocenters. The fourth-order valence-electron chi connectivity index (χ4n) is 3.11. The van der Waals surface area contributed by atoms with Crippen LogP contribution in [0.2, 0.25) is 5.02 Å². The Morgan fingerprint density at radius 3 is 2.95 bits per heavy atom. The highest BCUT2D eigenvalue weighted by atomic mass is 35.5. The topological polar surface area (TPSA) is 24.9 Å². The van der Waals surface area contributed by atoms with E-state index in [1.807, 2.05) is 36.6 Å². The molecule has 0 bridgehead atoms. The van der Waals surface area contributed by atoms with Crippen LogP contribution in [0.5, 0.6) is 0 Å². The van der Waals surface area contributed by atoms with E-state index >= 15 is 0 Å². The summed E-state index contributed by atoms with van der Waals surface area (Å²) in [6.45, 7) is 4.66. The molecule has 3 rings (SSSR count). The van der Waals surface area contributed by atoms with Gasteiger partial charge in [-0.3, -0.25) is 0 Å². The van der Waals surface area contributed by atoms with Gasteiger partial charge in [-0.2, -0.15) is 0 Å². The van der Waals surface area contributed by atoms with E-state index in [0.29, 0.717) is 11.5 Å². The summed E-state index contributed by atoms with van der Waals surface area (Å²) in [6.07, 6.45) is 3.12. The predicted octanol–water partition coefficient (Wildman–Crippen LogP) is 4.62. The van der Waals surface area contributed by atoms with Crippen LogP contribution in [0.15, 0.2) is 24.3 Å². The molecule has 0 fully saturated rings. The van der Waals surface area contributed by atoms with Gasteiger partial charge in [0.05, 0.1) is 10.7 Å². The summed E-state index contributed by atoms with van der Waals surface area (Å²) in [7, 11) is 2.05. The molecule has 0 amide bonds. The summed E-state index contributed by atoms with van der Waals surface area (Å²) in [5, 5.41) is 5.44. The lowest BCUT2D eigenvalue weighted by molar-refractivity contribution is 0.265. The van der Waals surface area contributed by atoms with Gasteiger partial charge in [-0.1, -0.05) is 37.6 Å². The van der Waals surface area contributed by atoms with Crippen molar-refractivity contribution in [3.05, 3.63) is 50.4 Å². The molecular weight excluding hydrogens is 300 g/mol. The van der Waals surface area contributed by atoms with Gasteiger partial charge in [0.25, 0.3) is 0 Å². The third-order valence-electron chi connectivity index (χ3n) is 4.08. The van der Waals surface area contributed by atoms with Crippen molar-refractivity contribution in [1.82, 2.24) is 10.3 Å². The Morgan fingerprint density at radius 1 is 1.43 bits per heavy atom. The van der Waals surface area contributed by atoms with Crippen LogP contribution < -0.4 is 5.32 Å². The Bertz CT molecular complexity index is 648. The monoisotopic (exact) mass is 320 g/mol. The number of fused-ring (bicyclic) bond motifs is 1. The number of nitrogens with zero attached hydrogens (tertiary/aromatic N) is 1. The van der Waals surface area contributed by atoms with Crippen LogP contribution in [0.4, 0.5) is 0 Å². The second-order valence-corrected chi connectivity index (χ2v) is 8.16. The summed E-state index contributed by atoms with van der Waals surface area (Å²) >= 11 is 7.92. The number of benzene rings is 1. The van der Waals surface area contributed by atoms with E-state index in [-0.39, 0.29) is 0 Å². The van der Waals surface area contributed by atoms with Gasteiger partial charge in [0.15, 0.2) is 0 Å². The van der Waals surface area contributed by atoms with E-state index < -0.39 is 0 Å². The number of halogens is 1. The normalized spacial score (nSPS) is 20.3. The maximum atomic E-state index is 6.07. The van der Waals surface area contributed by atoms with Gasteiger partial charge in [-0.15, -0.1) is 11.3 Å². The quantitative estimate of drug-likeness (QED) is 0.892. The first-order valence-corrected chi connectivity index (χ1v) is 8.56. The van der Waals surface area contributed by atoms with Crippen molar-refractivity contribution < 1.29 is 0 Å². The third kappa shape index (κ3) is 3.31. The standard InChI is InChI=1S/C17H21ClN2S/c1-17(2)9-13(19-3)16-14(10-17)20-15(21-16)8-11-5-4-6-12(18)7-11/h4-7,13,19H,8-10H2,1-3H3. The summed E-state index contributed by atoms with van der Waals surface area (Å²) in [5.74, 6) is 0. The number of aromatic nitrogens is 1. The molecule has 4 heteroatoms. The van der Waals surface area contributed by atoms with E-state index in [2.05, 4.69) is 25.2 Å². The Morgan fingerprint density at radius 2 is 2.24 bits per heavy atom. The van der Waals surface area contributed by atoms with Crippen molar-refractivity contribution in [1.29, 1.82) is 0 Å². The zero-order valence-corrected chi connectivity index (χ0v) is 14.3. The number of thiazole rings is 1. The van der Waals surface area contributed by atoms with Crippen molar-refractivity contribution in [2.45, 2.75) is 39.2 Å². The maximum absolute atomic E-state index is 6.07. The fourth-order valence-corrected chi connectivity index (χ4v) is 4.55. The average Bonchev–Trinajstić information content (AvgIpc) is 2.78. The van der Waals surface area contributed by atoms with Crippen LogP contribution in [0.3, 0.4) is 0 Å². The molecule has 0 spiro atoms. The lowest BCUT2D eigenvalue weighted by atomic mass is 9.76. The number of hydrogen-bond donors (Lipinski definition) is 1. The molecule has 1 aliphatic carbocycles. The highest BCUT2D eigenvalue weighted by Gasteiger charge is 2.34.